The fourth-order valence-electron chi connectivity index (χ4n) is 7.97. The Labute approximate surface area is 149 Å². The molecule has 0 aliphatic heterocycles. The summed E-state index contributed by atoms with van der Waals surface area (Å²) in [6, 6.07) is 0. The number of esters is 1. The van der Waals surface area contributed by atoms with E-state index in [0.717, 1.165) is 44.9 Å². The first-order chi connectivity index (χ1) is 11.7. The highest BCUT2D eigenvalue weighted by Crippen LogP contribution is 2.78. The monoisotopic (exact) mass is 346 g/mol. The van der Waals surface area contributed by atoms with Crippen LogP contribution >= 0.6 is 0 Å². The molecule has 7 fully saturated rings. The predicted octanol–water partition coefficient (Wildman–Crippen LogP) is 3.88. The second-order valence-corrected chi connectivity index (χ2v) is 10.4. The average Bonchev–Trinajstić information content (AvgIpc) is 2.58. The van der Waals surface area contributed by atoms with Gasteiger partial charge in [0.05, 0.1) is 10.8 Å². The fraction of sp³-hybridized carbons (Fsp3) is 0.905. The molecular weight excluding hydrogens is 316 g/mol. The van der Waals surface area contributed by atoms with E-state index in [1.165, 1.54) is 0 Å². The Morgan fingerprint density at radius 3 is 2.04 bits per heavy atom. The van der Waals surface area contributed by atoms with Crippen LogP contribution in [0.25, 0.3) is 0 Å². The van der Waals surface area contributed by atoms with Crippen LogP contribution in [0.3, 0.4) is 0 Å². The van der Waals surface area contributed by atoms with Crippen LogP contribution in [-0.2, 0) is 14.3 Å². The molecule has 0 aromatic carbocycles. The van der Waals surface area contributed by atoms with Crippen LogP contribution in [0.4, 0.5) is 0 Å². The van der Waals surface area contributed by atoms with E-state index >= 15 is 0 Å². The Hall–Kier alpha value is -1.06. The van der Waals surface area contributed by atoms with Crippen molar-refractivity contribution in [3.8, 4) is 0 Å². The molecule has 4 heteroatoms. The molecule has 4 unspecified atom stereocenters. The van der Waals surface area contributed by atoms with Gasteiger partial charge in [-0.15, -0.1) is 0 Å². The van der Waals surface area contributed by atoms with Gasteiger partial charge in [-0.05, 0) is 82.5 Å². The third-order valence-corrected chi connectivity index (χ3v) is 9.25. The highest BCUT2D eigenvalue weighted by Gasteiger charge is 2.78. The molecule has 7 aliphatic carbocycles. The number of carbonyl (C=O) groups excluding carboxylic acids is 1. The summed E-state index contributed by atoms with van der Waals surface area (Å²) in [6.45, 7) is 5.99. The summed E-state index contributed by atoms with van der Waals surface area (Å²) >= 11 is 0. The molecule has 0 spiro atoms. The van der Waals surface area contributed by atoms with Crippen molar-refractivity contribution in [2.75, 3.05) is 0 Å². The number of carboxylic acid groups (broad SMARTS) is 1. The van der Waals surface area contributed by atoms with Crippen LogP contribution in [0.1, 0.15) is 65.7 Å². The minimum atomic E-state index is -0.559. The summed E-state index contributed by atoms with van der Waals surface area (Å²) in [5.74, 6) is 1.49. The molecule has 4 nitrogen and oxygen atoms in total. The zero-order valence-corrected chi connectivity index (χ0v) is 15.6. The van der Waals surface area contributed by atoms with Crippen molar-refractivity contribution in [2.45, 2.75) is 71.3 Å². The lowest BCUT2D eigenvalue weighted by Gasteiger charge is -2.76. The van der Waals surface area contributed by atoms with E-state index in [0.29, 0.717) is 11.8 Å². The Morgan fingerprint density at radius 2 is 1.52 bits per heavy atom. The SMILES string of the molecule is CCC(C)(C)C(=O)OC12CC3CC4C1CC1CC2C(C3)C4(C(=O)O)C1. The van der Waals surface area contributed by atoms with Crippen LogP contribution in [0.2, 0.25) is 0 Å². The number of ether oxygens (including phenoxy) is 1. The first-order valence-corrected chi connectivity index (χ1v) is 10.2. The van der Waals surface area contributed by atoms with Crippen LogP contribution in [0, 0.1) is 46.3 Å². The standard InChI is InChI=1S/C21H30O4/c1-4-19(2,3)18(24)25-21-10-12-5-13-15(21)7-11-8-16(21)14(6-12)20(13,9-11)17(22)23/h11-16H,4-10H2,1-3H3,(H,22,23). The molecule has 0 aromatic heterocycles. The van der Waals surface area contributed by atoms with Gasteiger partial charge in [0.25, 0.3) is 0 Å². The van der Waals surface area contributed by atoms with E-state index in [1.807, 2.05) is 20.8 Å². The van der Waals surface area contributed by atoms with Crippen LogP contribution in [0.15, 0.2) is 0 Å². The van der Waals surface area contributed by atoms with Crippen LogP contribution in [0.5, 0.6) is 0 Å². The largest absolute Gasteiger partial charge is 0.481 e. The van der Waals surface area contributed by atoms with Gasteiger partial charge in [-0.2, -0.15) is 0 Å². The summed E-state index contributed by atoms with van der Waals surface area (Å²) in [6.07, 6.45) is 6.89. The minimum Gasteiger partial charge on any atom is -0.481 e. The van der Waals surface area contributed by atoms with Gasteiger partial charge < -0.3 is 9.84 Å². The molecule has 0 radical (unpaired) electrons. The topological polar surface area (TPSA) is 63.6 Å². The lowest BCUT2D eigenvalue weighted by Crippen LogP contribution is -2.77. The van der Waals surface area contributed by atoms with Gasteiger partial charge in [0.15, 0.2) is 0 Å². The van der Waals surface area contributed by atoms with Crippen molar-refractivity contribution >= 4 is 11.9 Å². The van der Waals surface area contributed by atoms with Gasteiger partial charge in [0, 0.05) is 11.8 Å². The number of carboxylic acids is 1. The quantitative estimate of drug-likeness (QED) is 0.785. The van der Waals surface area contributed by atoms with E-state index in [2.05, 4.69) is 0 Å². The van der Waals surface area contributed by atoms with E-state index in [1.54, 1.807) is 0 Å². The molecule has 0 heterocycles. The van der Waals surface area contributed by atoms with Gasteiger partial charge in [0.2, 0.25) is 0 Å². The van der Waals surface area contributed by atoms with Crippen LogP contribution < -0.4 is 0 Å². The van der Waals surface area contributed by atoms with E-state index < -0.39 is 16.8 Å². The second-order valence-electron chi connectivity index (χ2n) is 10.4. The summed E-state index contributed by atoms with van der Waals surface area (Å²) in [7, 11) is 0. The zero-order valence-electron chi connectivity index (χ0n) is 15.6. The molecule has 138 valence electrons. The molecule has 8 bridgehead atoms. The molecule has 7 aliphatic rings. The van der Waals surface area contributed by atoms with Gasteiger partial charge in [-0.25, -0.2) is 0 Å². The summed E-state index contributed by atoms with van der Waals surface area (Å²) < 4.78 is 6.44. The highest BCUT2D eigenvalue weighted by molar-refractivity contribution is 5.78. The van der Waals surface area contributed by atoms with E-state index in [-0.39, 0.29) is 35.2 Å². The van der Waals surface area contributed by atoms with Crippen molar-refractivity contribution in [2.24, 2.45) is 46.3 Å². The first kappa shape index (κ1) is 16.1. The molecule has 7 rings (SSSR count). The molecule has 7 saturated carbocycles. The molecule has 0 aromatic rings. The Bertz CT molecular complexity index is 626. The van der Waals surface area contributed by atoms with Gasteiger partial charge in [-0.1, -0.05) is 6.92 Å². The number of aliphatic carboxylic acids is 1. The maximum atomic E-state index is 13.0. The van der Waals surface area contributed by atoms with Gasteiger partial charge >= 0.3 is 11.9 Å². The zero-order chi connectivity index (χ0) is 17.8. The highest BCUT2D eigenvalue weighted by atomic mass is 16.6. The van der Waals surface area contributed by atoms with Crippen molar-refractivity contribution in [1.82, 2.24) is 0 Å². The molecule has 4 atom stereocenters. The minimum absolute atomic E-state index is 0.0631. The first-order valence-electron chi connectivity index (χ1n) is 10.2. The predicted molar refractivity (Wildman–Crippen MR) is 91.6 cm³/mol. The Morgan fingerprint density at radius 1 is 1.00 bits per heavy atom. The molecule has 1 N–H and O–H groups in total. The summed E-state index contributed by atoms with van der Waals surface area (Å²) in [5.41, 5.74) is -1.31. The van der Waals surface area contributed by atoms with E-state index in [4.69, 9.17) is 4.74 Å². The van der Waals surface area contributed by atoms with Crippen LogP contribution in [-0.4, -0.2) is 22.6 Å². The molecule has 0 amide bonds. The Balaban J connectivity index is 1.58. The average molecular weight is 346 g/mol. The van der Waals surface area contributed by atoms with Gasteiger partial charge in [-0.3, -0.25) is 9.59 Å². The maximum absolute atomic E-state index is 13.0. The van der Waals surface area contributed by atoms with Crippen molar-refractivity contribution in [1.29, 1.82) is 0 Å². The van der Waals surface area contributed by atoms with E-state index in [9.17, 15) is 14.7 Å². The number of rotatable bonds is 4. The molecule has 0 saturated heterocycles. The summed E-state index contributed by atoms with van der Waals surface area (Å²) in [5, 5.41) is 10.2. The third-order valence-electron chi connectivity index (χ3n) is 9.25. The number of hydrogen-bond donors (Lipinski definition) is 1. The molecular formula is C21H30O4. The lowest BCUT2D eigenvalue weighted by molar-refractivity contribution is -0.322. The number of hydrogen-bond acceptors (Lipinski definition) is 3. The van der Waals surface area contributed by atoms with Gasteiger partial charge in [0.1, 0.15) is 5.60 Å². The summed E-state index contributed by atoms with van der Waals surface area (Å²) in [4.78, 5) is 25.4. The van der Waals surface area contributed by atoms with Crippen molar-refractivity contribution in [3.63, 3.8) is 0 Å². The van der Waals surface area contributed by atoms with Crippen molar-refractivity contribution < 1.29 is 19.4 Å². The smallest absolute Gasteiger partial charge is 0.312 e. The normalized spacial score (nSPS) is 51.8. The lowest BCUT2D eigenvalue weighted by atomic mass is 9.29. The fourth-order valence-corrected chi connectivity index (χ4v) is 7.97. The Kier molecular flexibility index (Phi) is 2.98. The third kappa shape index (κ3) is 1.70. The molecule has 25 heavy (non-hydrogen) atoms. The van der Waals surface area contributed by atoms with Crippen molar-refractivity contribution in [3.05, 3.63) is 0 Å². The second kappa shape index (κ2) is 4.61. The number of carbonyl (C=O) groups is 2. The maximum Gasteiger partial charge on any atom is 0.312 e.